The van der Waals surface area contributed by atoms with Gasteiger partial charge in [-0.15, -0.1) is 0 Å². The van der Waals surface area contributed by atoms with Gasteiger partial charge in [-0.2, -0.15) is 0 Å². The van der Waals surface area contributed by atoms with E-state index in [2.05, 4.69) is 15.9 Å². The molecule has 94 valence electrons. The Hall–Kier alpha value is -0.410. The van der Waals surface area contributed by atoms with Crippen molar-refractivity contribution in [2.45, 2.75) is 32.1 Å². The zero-order valence-electron chi connectivity index (χ0n) is 9.83. The van der Waals surface area contributed by atoms with E-state index in [1.54, 1.807) is 0 Å². The van der Waals surface area contributed by atoms with E-state index in [1.807, 2.05) is 12.1 Å². The van der Waals surface area contributed by atoms with Crippen molar-refractivity contribution in [3.8, 4) is 0 Å². The summed E-state index contributed by atoms with van der Waals surface area (Å²) in [5.41, 5.74) is 0.721. The largest absolute Gasteiger partial charge is 0.396 e. The summed E-state index contributed by atoms with van der Waals surface area (Å²) in [5.74, 6) is 0.618. The van der Waals surface area contributed by atoms with Gasteiger partial charge in [0.2, 0.25) is 0 Å². The number of aliphatic hydroxyl groups excluding tert-OH is 1. The maximum atomic E-state index is 13.7. The van der Waals surface area contributed by atoms with Crippen LogP contribution in [-0.2, 0) is 6.42 Å². The highest BCUT2D eigenvalue weighted by Gasteiger charge is 2.25. The molecule has 0 bridgehead atoms. The van der Waals surface area contributed by atoms with Gasteiger partial charge in [0, 0.05) is 11.1 Å². The van der Waals surface area contributed by atoms with Crippen molar-refractivity contribution in [3.63, 3.8) is 0 Å². The van der Waals surface area contributed by atoms with Crippen LogP contribution in [-0.4, -0.2) is 11.7 Å². The lowest BCUT2D eigenvalue weighted by atomic mass is 9.86. The topological polar surface area (TPSA) is 20.2 Å². The van der Waals surface area contributed by atoms with Gasteiger partial charge in [0.1, 0.15) is 5.82 Å². The molecule has 0 spiro atoms. The first-order chi connectivity index (χ1) is 8.20. The number of aliphatic hydroxyl groups is 1. The molecule has 1 unspecified atom stereocenters. The van der Waals surface area contributed by atoms with E-state index >= 15 is 0 Å². The van der Waals surface area contributed by atoms with Crippen LogP contribution in [0, 0.1) is 17.7 Å². The number of hydrogen-bond donors (Lipinski definition) is 1. The van der Waals surface area contributed by atoms with Gasteiger partial charge in [-0.05, 0) is 36.0 Å². The van der Waals surface area contributed by atoms with Crippen molar-refractivity contribution >= 4 is 15.9 Å². The zero-order chi connectivity index (χ0) is 12.3. The second-order valence-corrected chi connectivity index (χ2v) is 5.84. The van der Waals surface area contributed by atoms with Crippen LogP contribution in [0.3, 0.4) is 0 Å². The molecule has 0 radical (unpaired) electrons. The molecule has 17 heavy (non-hydrogen) atoms. The van der Waals surface area contributed by atoms with Crippen molar-refractivity contribution in [2.24, 2.45) is 11.8 Å². The Balaban J connectivity index is 2.06. The maximum Gasteiger partial charge on any atom is 0.127 e. The molecule has 0 aliphatic heterocycles. The highest BCUT2D eigenvalue weighted by atomic mass is 79.9. The van der Waals surface area contributed by atoms with Crippen molar-refractivity contribution in [3.05, 3.63) is 34.1 Å². The average molecular weight is 301 g/mol. The van der Waals surface area contributed by atoms with E-state index in [9.17, 15) is 9.50 Å². The lowest BCUT2D eigenvalue weighted by Crippen LogP contribution is -2.19. The molecule has 2 rings (SSSR count). The van der Waals surface area contributed by atoms with Gasteiger partial charge in [0.05, 0.1) is 0 Å². The minimum Gasteiger partial charge on any atom is -0.396 e. The minimum atomic E-state index is -0.171. The Labute approximate surface area is 110 Å². The SMILES string of the molecule is OCC(Cc1ccc(Br)cc1F)C1CCCC1. The van der Waals surface area contributed by atoms with Gasteiger partial charge in [0.15, 0.2) is 0 Å². The Kier molecular flexibility index (Phi) is 4.57. The van der Waals surface area contributed by atoms with Crippen LogP contribution in [0.15, 0.2) is 22.7 Å². The fourth-order valence-corrected chi connectivity index (χ4v) is 3.11. The van der Waals surface area contributed by atoms with E-state index < -0.39 is 0 Å². The van der Waals surface area contributed by atoms with Gasteiger partial charge < -0.3 is 5.11 Å². The average Bonchev–Trinajstić information content (AvgIpc) is 2.81. The Bertz CT molecular complexity index is 374. The number of halogens is 2. The van der Waals surface area contributed by atoms with Crippen molar-refractivity contribution in [1.82, 2.24) is 0 Å². The van der Waals surface area contributed by atoms with Gasteiger partial charge in [-0.1, -0.05) is 47.7 Å². The quantitative estimate of drug-likeness (QED) is 0.893. The van der Waals surface area contributed by atoms with E-state index in [-0.39, 0.29) is 18.3 Å². The zero-order valence-corrected chi connectivity index (χ0v) is 11.4. The summed E-state index contributed by atoms with van der Waals surface area (Å²) in [6.45, 7) is 0.167. The first-order valence-corrected chi connectivity index (χ1v) is 7.05. The van der Waals surface area contributed by atoms with Crippen molar-refractivity contribution in [2.75, 3.05) is 6.61 Å². The predicted octanol–water partition coefficient (Wildman–Crippen LogP) is 3.93. The standard InChI is InChI=1S/C14H18BrFO/c15-13-6-5-11(14(16)8-13)7-12(9-17)10-3-1-2-4-10/h5-6,8,10,12,17H,1-4,7,9H2. The lowest BCUT2D eigenvalue weighted by Gasteiger charge is -2.21. The third-order valence-electron chi connectivity index (χ3n) is 3.80. The van der Waals surface area contributed by atoms with Crippen LogP contribution >= 0.6 is 15.9 Å². The number of rotatable bonds is 4. The molecule has 1 aliphatic rings. The van der Waals surface area contributed by atoms with Crippen LogP contribution < -0.4 is 0 Å². The monoisotopic (exact) mass is 300 g/mol. The molecule has 1 saturated carbocycles. The Morgan fingerprint density at radius 3 is 2.65 bits per heavy atom. The highest BCUT2D eigenvalue weighted by Crippen LogP contribution is 2.33. The minimum absolute atomic E-state index is 0.167. The molecule has 1 aromatic rings. The van der Waals surface area contributed by atoms with E-state index in [0.29, 0.717) is 12.3 Å². The maximum absolute atomic E-state index is 13.7. The van der Waals surface area contributed by atoms with Crippen LogP contribution in [0.5, 0.6) is 0 Å². The molecule has 0 saturated heterocycles. The molecule has 1 atom stereocenters. The van der Waals surface area contributed by atoms with E-state index in [1.165, 1.54) is 31.7 Å². The fourth-order valence-electron chi connectivity index (χ4n) is 2.78. The van der Waals surface area contributed by atoms with Gasteiger partial charge in [0.25, 0.3) is 0 Å². The molecule has 1 aromatic carbocycles. The molecule has 0 aromatic heterocycles. The van der Waals surface area contributed by atoms with E-state index in [4.69, 9.17) is 0 Å². The number of benzene rings is 1. The molecule has 3 heteroatoms. The molecule has 1 N–H and O–H groups in total. The summed E-state index contributed by atoms with van der Waals surface area (Å²) in [5, 5.41) is 9.46. The van der Waals surface area contributed by atoms with Crippen molar-refractivity contribution in [1.29, 1.82) is 0 Å². The lowest BCUT2D eigenvalue weighted by molar-refractivity contribution is 0.175. The third-order valence-corrected chi connectivity index (χ3v) is 4.29. The Morgan fingerprint density at radius 1 is 1.35 bits per heavy atom. The third kappa shape index (κ3) is 3.29. The molecule has 0 amide bonds. The second kappa shape index (κ2) is 5.96. The predicted molar refractivity (Wildman–Crippen MR) is 70.3 cm³/mol. The van der Waals surface area contributed by atoms with Crippen molar-refractivity contribution < 1.29 is 9.50 Å². The molecule has 1 aliphatic carbocycles. The first-order valence-electron chi connectivity index (χ1n) is 6.25. The normalized spacial score (nSPS) is 18.5. The van der Waals surface area contributed by atoms with Gasteiger partial charge >= 0.3 is 0 Å². The summed E-state index contributed by atoms with van der Waals surface area (Å²) in [7, 11) is 0. The molecule has 1 nitrogen and oxygen atoms in total. The fraction of sp³-hybridized carbons (Fsp3) is 0.571. The van der Waals surface area contributed by atoms with Crippen LogP contribution in [0.25, 0.3) is 0 Å². The van der Waals surface area contributed by atoms with Gasteiger partial charge in [-0.3, -0.25) is 0 Å². The number of hydrogen-bond acceptors (Lipinski definition) is 1. The van der Waals surface area contributed by atoms with Crippen LogP contribution in [0.4, 0.5) is 4.39 Å². The van der Waals surface area contributed by atoms with Crippen LogP contribution in [0.2, 0.25) is 0 Å². The highest BCUT2D eigenvalue weighted by molar-refractivity contribution is 9.10. The van der Waals surface area contributed by atoms with E-state index in [0.717, 1.165) is 10.0 Å². The summed E-state index contributed by atoms with van der Waals surface area (Å²) < 4.78 is 14.5. The van der Waals surface area contributed by atoms with Crippen LogP contribution in [0.1, 0.15) is 31.2 Å². The second-order valence-electron chi connectivity index (χ2n) is 4.93. The summed E-state index contributed by atoms with van der Waals surface area (Å²) >= 11 is 3.26. The first kappa shape index (κ1) is 13.0. The smallest absolute Gasteiger partial charge is 0.127 e. The molecule has 0 heterocycles. The van der Waals surface area contributed by atoms with Gasteiger partial charge in [-0.25, -0.2) is 4.39 Å². The Morgan fingerprint density at radius 2 is 2.06 bits per heavy atom. The molecular formula is C14H18BrFO. The summed E-state index contributed by atoms with van der Waals surface area (Å²) in [6.07, 6.45) is 5.53. The molecular weight excluding hydrogens is 283 g/mol. The molecule has 1 fully saturated rings. The summed E-state index contributed by atoms with van der Waals surface area (Å²) in [4.78, 5) is 0. The summed E-state index contributed by atoms with van der Waals surface area (Å²) in [6, 6.07) is 5.18.